The van der Waals surface area contributed by atoms with Crippen LogP contribution >= 0.6 is 15.9 Å². The normalized spacial score (nSPS) is 10.7. The number of aromatic nitrogens is 8. The first-order valence-corrected chi connectivity index (χ1v) is 6.61. The van der Waals surface area contributed by atoms with Crippen LogP contribution in [0.3, 0.4) is 0 Å². The van der Waals surface area contributed by atoms with Crippen LogP contribution < -0.4 is 5.32 Å². The molecule has 0 saturated heterocycles. The summed E-state index contributed by atoms with van der Waals surface area (Å²) in [5, 5.41) is 11.2. The second-order valence-electron chi connectivity index (χ2n) is 3.73. The molecule has 0 unspecified atom stereocenters. The zero-order valence-electron chi connectivity index (χ0n) is 10.5. The summed E-state index contributed by atoms with van der Waals surface area (Å²) in [6.07, 6.45) is 6.36. The molecule has 0 spiro atoms. The average Bonchev–Trinajstić information content (AvgIpc) is 3.09. The number of nitrogens with one attached hydrogen (secondary N) is 1. The lowest BCUT2D eigenvalue weighted by atomic mass is 10.7. The maximum absolute atomic E-state index is 4.32. The van der Waals surface area contributed by atoms with Crippen molar-refractivity contribution >= 4 is 21.9 Å². The molecule has 3 aromatic rings. The summed E-state index contributed by atoms with van der Waals surface area (Å²) in [6.45, 7) is 2.66. The van der Waals surface area contributed by atoms with E-state index in [-0.39, 0.29) is 0 Å². The predicted octanol–water partition coefficient (Wildman–Crippen LogP) is 0.832. The SMILES string of the molecule is CCNc1nc(-n2cncn2)nc(-n2cc(Br)cn2)n1. The number of hydrogen-bond donors (Lipinski definition) is 1. The number of nitrogens with zero attached hydrogens (tertiary/aromatic N) is 8. The predicted molar refractivity (Wildman–Crippen MR) is 73.7 cm³/mol. The first-order chi connectivity index (χ1) is 9.76. The van der Waals surface area contributed by atoms with Gasteiger partial charge in [0.1, 0.15) is 12.7 Å². The van der Waals surface area contributed by atoms with Gasteiger partial charge >= 0.3 is 0 Å². The van der Waals surface area contributed by atoms with Crippen molar-refractivity contribution < 1.29 is 0 Å². The van der Waals surface area contributed by atoms with Crippen molar-refractivity contribution in [2.24, 2.45) is 0 Å². The third-order valence-corrected chi connectivity index (χ3v) is 2.74. The highest BCUT2D eigenvalue weighted by Gasteiger charge is 2.10. The Kier molecular flexibility index (Phi) is 3.37. The van der Waals surface area contributed by atoms with Gasteiger partial charge in [0.05, 0.1) is 10.7 Å². The first-order valence-electron chi connectivity index (χ1n) is 5.82. The molecule has 10 heteroatoms. The average molecular weight is 336 g/mol. The molecule has 0 aliphatic carbocycles. The van der Waals surface area contributed by atoms with E-state index in [1.54, 1.807) is 17.1 Å². The molecule has 0 saturated carbocycles. The summed E-state index contributed by atoms with van der Waals surface area (Å²) in [5.41, 5.74) is 0. The number of rotatable bonds is 4. The molecule has 20 heavy (non-hydrogen) atoms. The molecule has 0 radical (unpaired) electrons. The summed E-state index contributed by atoms with van der Waals surface area (Å²) >= 11 is 3.34. The van der Waals surface area contributed by atoms with Gasteiger partial charge in [-0.2, -0.15) is 29.8 Å². The molecule has 0 atom stereocenters. The lowest BCUT2D eigenvalue weighted by Crippen LogP contribution is -2.13. The fourth-order valence-electron chi connectivity index (χ4n) is 1.52. The van der Waals surface area contributed by atoms with E-state index in [0.29, 0.717) is 24.4 Å². The van der Waals surface area contributed by atoms with E-state index >= 15 is 0 Å². The number of hydrogen-bond acceptors (Lipinski definition) is 7. The van der Waals surface area contributed by atoms with E-state index in [9.17, 15) is 0 Å². The van der Waals surface area contributed by atoms with Gasteiger partial charge in [0.2, 0.25) is 5.95 Å². The minimum atomic E-state index is 0.370. The number of anilines is 1. The van der Waals surface area contributed by atoms with Crippen LogP contribution in [0.4, 0.5) is 5.95 Å². The van der Waals surface area contributed by atoms with Crippen LogP contribution in [-0.2, 0) is 0 Å². The van der Waals surface area contributed by atoms with E-state index in [1.165, 1.54) is 17.3 Å². The second kappa shape index (κ2) is 5.33. The Morgan fingerprint density at radius 2 is 1.95 bits per heavy atom. The molecule has 0 amide bonds. The molecule has 0 aliphatic rings. The Morgan fingerprint density at radius 1 is 1.15 bits per heavy atom. The minimum absolute atomic E-state index is 0.370. The second-order valence-corrected chi connectivity index (χ2v) is 4.65. The highest BCUT2D eigenvalue weighted by atomic mass is 79.9. The molecule has 3 rings (SSSR count). The zero-order valence-corrected chi connectivity index (χ0v) is 12.1. The molecule has 0 fully saturated rings. The highest BCUT2D eigenvalue weighted by molar-refractivity contribution is 9.10. The summed E-state index contributed by atoms with van der Waals surface area (Å²) in [5.74, 6) is 1.22. The van der Waals surface area contributed by atoms with E-state index in [4.69, 9.17) is 0 Å². The van der Waals surface area contributed by atoms with Crippen LogP contribution in [0.1, 0.15) is 6.92 Å². The maximum Gasteiger partial charge on any atom is 0.258 e. The topological polar surface area (TPSA) is 99.2 Å². The third kappa shape index (κ3) is 2.50. The van der Waals surface area contributed by atoms with Crippen molar-refractivity contribution in [1.29, 1.82) is 0 Å². The number of halogens is 1. The molecule has 102 valence electrons. The molecule has 0 bridgehead atoms. The Balaban J connectivity index is 2.09. The van der Waals surface area contributed by atoms with E-state index in [2.05, 4.69) is 51.4 Å². The first kappa shape index (κ1) is 12.7. The molecule has 0 aliphatic heterocycles. The van der Waals surface area contributed by atoms with E-state index in [0.717, 1.165) is 4.47 Å². The lowest BCUT2D eigenvalue weighted by Gasteiger charge is -2.06. The van der Waals surface area contributed by atoms with Crippen LogP contribution in [0.25, 0.3) is 11.9 Å². The molecule has 3 heterocycles. The van der Waals surface area contributed by atoms with E-state index in [1.807, 2.05) is 6.92 Å². The van der Waals surface area contributed by atoms with Gasteiger partial charge in [-0.25, -0.2) is 9.67 Å². The molecule has 9 nitrogen and oxygen atoms in total. The van der Waals surface area contributed by atoms with Gasteiger partial charge < -0.3 is 5.32 Å². The molecule has 1 N–H and O–H groups in total. The maximum atomic E-state index is 4.32. The van der Waals surface area contributed by atoms with Crippen molar-refractivity contribution in [1.82, 2.24) is 39.5 Å². The fourth-order valence-corrected chi connectivity index (χ4v) is 1.80. The zero-order chi connectivity index (χ0) is 13.9. The van der Waals surface area contributed by atoms with Gasteiger partial charge in [0, 0.05) is 12.7 Å². The third-order valence-electron chi connectivity index (χ3n) is 2.33. The van der Waals surface area contributed by atoms with E-state index < -0.39 is 0 Å². The van der Waals surface area contributed by atoms with Crippen molar-refractivity contribution in [3.05, 3.63) is 29.5 Å². The van der Waals surface area contributed by atoms with Crippen LogP contribution in [0.15, 0.2) is 29.5 Å². The van der Waals surface area contributed by atoms with Gasteiger partial charge in [0.25, 0.3) is 11.9 Å². The van der Waals surface area contributed by atoms with Gasteiger partial charge in [-0.3, -0.25) is 0 Å². The van der Waals surface area contributed by atoms with Crippen LogP contribution in [-0.4, -0.2) is 46.0 Å². The summed E-state index contributed by atoms with van der Waals surface area (Å²) < 4.78 is 3.85. The molecule has 3 aromatic heterocycles. The molecule has 0 aromatic carbocycles. The van der Waals surface area contributed by atoms with Crippen molar-refractivity contribution in [3.63, 3.8) is 0 Å². The van der Waals surface area contributed by atoms with Gasteiger partial charge in [-0.05, 0) is 22.9 Å². The van der Waals surface area contributed by atoms with Crippen molar-refractivity contribution in [3.8, 4) is 11.9 Å². The van der Waals surface area contributed by atoms with Crippen LogP contribution in [0, 0.1) is 0 Å². The summed E-state index contributed by atoms with van der Waals surface area (Å²) in [4.78, 5) is 16.8. The van der Waals surface area contributed by atoms with Gasteiger partial charge in [-0.15, -0.1) is 0 Å². The molecular weight excluding hydrogens is 326 g/mol. The smallest absolute Gasteiger partial charge is 0.258 e. The Hall–Kier alpha value is -2.36. The molecular formula is C10H10BrN9. The fraction of sp³-hybridized carbons (Fsp3) is 0.200. The summed E-state index contributed by atoms with van der Waals surface area (Å²) in [7, 11) is 0. The Labute approximate surface area is 122 Å². The monoisotopic (exact) mass is 335 g/mol. The quantitative estimate of drug-likeness (QED) is 0.753. The standard InChI is InChI=1S/C10H10BrN9/c1-2-13-8-16-9(19-4-7(11)3-14-19)18-10(17-8)20-6-12-5-15-20/h3-6H,2H2,1H3,(H,13,16,17,18). The van der Waals surface area contributed by atoms with Gasteiger partial charge in [-0.1, -0.05) is 0 Å². The van der Waals surface area contributed by atoms with Crippen molar-refractivity contribution in [2.75, 3.05) is 11.9 Å². The Morgan fingerprint density at radius 3 is 2.55 bits per heavy atom. The van der Waals surface area contributed by atoms with Crippen LogP contribution in [0.2, 0.25) is 0 Å². The van der Waals surface area contributed by atoms with Gasteiger partial charge in [0.15, 0.2) is 0 Å². The van der Waals surface area contributed by atoms with Crippen molar-refractivity contribution in [2.45, 2.75) is 6.92 Å². The van der Waals surface area contributed by atoms with Crippen LogP contribution in [0.5, 0.6) is 0 Å². The minimum Gasteiger partial charge on any atom is -0.354 e. The lowest BCUT2D eigenvalue weighted by molar-refractivity contribution is 0.744. The largest absolute Gasteiger partial charge is 0.354 e. The Bertz CT molecular complexity index is 705. The highest BCUT2D eigenvalue weighted by Crippen LogP contribution is 2.12. The summed E-state index contributed by atoms with van der Waals surface area (Å²) in [6, 6.07) is 0.